The van der Waals surface area contributed by atoms with Gasteiger partial charge < -0.3 is 19.5 Å². The molecule has 1 unspecified atom stereocenters. The predicted octanol–water partition coefficient (Wildman–Crippen LogP) is 5.15. The number of nitrogens with zero attached hydrogens (tertiary/aromatic N) is 2. The molecule has 1 atom stereocenters. The van der Waals surface area contributed by atoms with Gasteiger partial charge in [0, 0.05) is 17.6 Å². The van der Waals surface area contributed by atoms with Gasteiger partial charge in [0.1, 0.15) is 0 Å². The summed E-state index contributed by atoms with van der Waals surface area (Å²) in [6, 6.07) is 18.8. The molecule has 1 aliphatic heterocycles. The lowest BCUT2D eigenvalue weighted by Crippen LogP contribution is -2.37. The third kappa shape index (κ3) is 3.68. The van der Waals surface area contributed by atoms with Crippen molar-refractivity contribution < 1.29 is 14.3 Å². The molecule has 1 aliphatic rings. The van der Waals surface area contributed by atoms with Gasteiger partial charge in [-0.3, -0.25) is 0 Å². The molecular weight excluding hydrogens is 378 g/mol. The minimum absolute atomic E-state index is 0.0689. The lowest BCUT2D eigenvalue weighted by Gasteiger charge is -2.29. The minimum Gasteiger partial charge on any atom is -0.462 e. The van der Waals surface area contributed by atoms with Gasteiger partial charge in [0.2, 0.25) is 0 Å². The number of aromatic nitrogens is 1. The molecule has 4 rings (SSSR count). The van der Waals surface area contributed by atoms with Crippen molar-refractivity contribution in [2.75, 3.05) is 11.9 Å². The van der Waals surface area contributed by atoms with E-state index in [4.69, 9.17) is 4.74 Å². The zero-order chi connectivity index (χ0) is 21.1. The summed E-state index contributed by atoms with van der Waals surface area (Å²) in [5.74, 6) is -0.401. The van der Waals surface area contributed by atoms with E-state index < -0.39 is 5.97 Å². The van der Waals surface area contributed by atoms with Gasteiger partial charge in [-0.25, -0.2) is 9.59 Å². The van der Waals surface area contributed by atoms with Crippen LogP contribution in [0, 0.1) is 0 Å². The first-order valence-electron chi connectivity index (χ1n) is 10.2. The fourth-order valence-corrected chi connectivity index (χ4v) is 3.99. The number of para-hydroxylation sites is 1. The summed E-state index contributed by atoms with van der Waals surface area (Å²) in [4.78, 5) is 27.2. The summed E-state index contributed by atoms with van der Waals surface area (Å²) >= 11 is 0. The highest BCUT2D eigenvalue weighted by Gasteiger charge is 2.30. The van der Waals surface area contributed by atoms with Crippen LogP contribution in [-0.2, 0) is 11.3 Å². The summed E-state index contributed by atoms with van der Waals surface area (Å²) in [6.45, 7) is 4.65. The first-order valence-corrected chi connectivity index (χ1v) is 10.2. The second kappa shape index (κ2) is 8.45. The molecule has 1 N–H and O–H groups in total. The summed E-state index contributed by atoms with van der Waals surface area (Å²) in [5, 5.41) is 2.96. The second-order valence-corrected chi connectivity index (χ2v) is 7.22. The molecule has 0 saturated carbocycles. The van der Waals surface area contributed by atoms with E-state index in [1.54, 1.807) is 31.2 Å². The summed E-state index contributed by atoms with van der Waals surface area (Å²) in [6.07, 6.45) is 2.83. The Morgan fingerprint density at radius 1 is 1.07 bits per heavy atom. The molecule has 30 heavy (non-hydrogen) atoms. The van der Waals surface area contributed by atoms with Crippen molar-refractivity contribution in [1.82, 2.24) is 9.47 Å². The summed E-state index contributed by atoms with van der Waals surface area (Å²) in [5.41, 5.74) is 4.24. The molecule has 0 spiro atoms. The number of fused-ring (bicyclic) bond motifs is 3. The quantitative estimate of drug-likeness (QED) is 0.613. The number of benzene rings is 2. The van der Waals surface area contributed by atoms with E-state index in [-0.39, 0.29) is 12.1 Å². The molecule has 2 aromatic carbocycles. The number of amides is 2. The second-order valence-electron chi connectivity index (χ2n) is 7.22. The van der Waals surface area contributed by atoms with Crippen LogP contribution in [0.4, 0.5) is 10.5 Å². The van der Waals surface area contributed by atoms with Crippen LogP contribution < -0.4 is 5.32 Å². The molecule has 6 heteroatoms. The van der Waals surface area contributed by atoms with Gasteiger partial charge in [0.25, 0.3) is 0 Å². The zero-order valence-electron chi connectivity index (χ0n) is 17.2. The van der Waals surface area contributed by atoms with Crippen LogP contribution in [0.3, 0.4) is 0 Å². The van der Waals surface area contributed by atoms with Gasteiger partial charge in [-0.2, -0.15) is 0 Å². The van der Waals surface area contributed by atoms with Crippen LogP contribution >= 0.6 is 0 Å². The van der Waals surface area contributed by atoms with Crippen molar-refractivity contribution in [1.29, 1.82) is 0 Å². The maximum atomic E-state index is 13.3. The SMILES string of the molecule is CCOC(=O)c1cccc(NC(=O)N2Cc3ccccc3-n3cccc3C2CC)c1. The highest BCUT2D eigenvalue weighted by atomic mass is 16.5. The van der Waals surface area contributed by atoms with E-state index in [2.05, 4.69) is 35.0 Å². The molecule has 2 heterocycles. The van der Waals surface area contributed by atoms with E-state index >= 15 is 0 Å². The molecule has 0 radical (unpaired) electrons. The number of hydrogen-bond donors (Lipinski definition) is 1. The maximum Gasteiger partial charge on any atom is 0.338 e. The highest BCUT2D eigenvalue weighted by Crippen LogP contribution is 2.34. The Labute approximate surface area is 176 Å². The molecule has 0 fully saturated rings. The van der Waals surface area contributed by atoms with Crippen molar-refractivity contribution in [2.24, 2.45) is 0 Å². The molecule has 2 amide bonds. The number of carbonyl (C=O) groups excluding carboxylic acids is 2. The van der Waals surface area contributed by atoms with Crippen LogP contribution in [0.25, 0.3) is 5.69 Å². The Balaban J connectivity index is 1.64. The Morgan fingerprint density at radius 2 is 1.90 bits per heavy atom. The van der Waals surface area contributed by atoms with E-state index in [1.165, 1.54) is 0 Å². The number of esters is 1. The topological polar surface area (TPSA) is 63.6 Å². The molecule has 1 aromatic heterocycles. The average molecular weight is 403 g/mol. The number of anilines is 1. The van der Waals surface area contributed by atoms with E-state index in [1.807, 2.05) is 29.3 Å². The van der Waals surface area contributed by atoms with Crippen molar-refractivity contribution >= 4 is 17.7 Å². The average Bonchev–Trinajstić information content (AvgIpc) is 3.19. The summed E-state index contributed by atoms with van der Waals surface area (Å²) in [7, 11) is 0. The first-order chi connectivity index (χ1) is 14.6. The molecule has 0 aliphatic carbocycles. The normalized spacial score (nSPS) is 15.0. The van der Waals surface area contributed by atoms with Crippen LogP contribution in [0.1, 0.15) is 47.9 Å². The van der Waals surface area contributed by atoms with Crippen LogP contribution in [-0.4, -0.2) is 28.1 Å². The van der Waals surface area contributed by atoms with Crippen molar-refractivity contribution in [2.45, 2.75) is 32.9 Å². The fraction of sp³-hybridized carbons (Fsp3) is 0.250. The lowest BCUT2D eigenvalue weighted by atomic mass is 10.1. The van der Waals surface area contributed by atoms with Gasteiger partial charge in [0.15, 0.2) is 0 Å². The molecule has 0 bridgehead atoms. The van der Waals surface area contributed by atoms with Crippen LogP contribution in [0.15, 0.2) is 66.9 Å². The lowest BCUT2D eigenvalue weighted by molar-refractivity contribution is 0.0526. The van der Waals surface area contributed by atoms with Crippen molar-refractivity contribution in [3.8, 4) is 5.69 Å². The molecular formula is C24H25N3O3. The standard InChI is InChI=1S/C24H25N3O3/c1-3-20-22-13-8-14-26(22)21-12-6-5-9-18(21)16-27(20)24(29)25-19-11-7-10-17(15-19)23(28)30-4-2/h5-15,20H,3-4,16H2,1-2H3,(H,25,29). The van der Waals surface area contributed by atoms with Crippen LogP contribution in [0.5, 0.6) is 0 Å². The fourth-order valence-electron chi connectivity index (χ4n) is 3.99. The Kier molecular flexibility index (Phi) is 5.57. The number of hydrogen-bond acceptors (Lipinski definition) is 3. The van der Waals surface area contributed by atoms with Crippen LogP contribution in [0.2, 0.25) is 0 Å². The molecule has 3 aromatic rings. The van der Waals surface area contributed by atoms with Crippen molar-refractivity contribution in [3.63, 3.8) is 0 Å². The van der Waals surface area contributed by atoms with Gasteiger partial charge >= 0.3 is 12.0 Å². The number of carbonyl (C=O) groups is 2. The maximum absolute atomic E-state index is 13.3. The Morgan fingerprint density at radius 3 is 2.70 bits per heavy atom. The van der Waals surface area contributed by atoms with Gasteiger partial charge in [0.05, 0.1) is 30.4 Å². The largest absolute Gasteiger partial charge is 0.462 e. The Bertz CT molecular complexity index is 1070. The smallest absolute Gasteiger partial charge is 0.338 e. The molecule has 6 nitrogen and oxygen atoms in total. The van der Waals surface area contributed by atoms with Gasteiger partial charge in [-0.15, -0.1) is 0 Å². The van der Waals surface area contributed by atoms with E-state index in [0.717, 1.165) is 23.4 Å². The monoisotopic (exact) mass is 403 g/mol. The molecule has 0 saturated heterocycles. The third-order valence-corrected chi connectivity index (χ3v) is 5.36. The number of ether oxygens (including phenoxy) is 1. The first kappa shape index (κ1) is 19.8. The third-order valence-electron chi connectivity index (χ3n) is 5.36. The number of urea groups is 1. The molecule has 154 valence electrons. The van der Waals surface area contributed by atoms with Gasteiger partial charge in [-0.05, 0) is 55.3 Å². The number of rotatable bonds is 4. The Hall–Kier alpha value is -3.54. The highest BCUT2D eigenvalue weighted by molar-refractivity contribution is 5.94. The summed E-state index contributed by atoms with van der Waals surface area (Å²) < 4.78 is 7.22. The van der Waals surface area contributed by atoms with Gasteiger partial charge in [-0.1, -0.05) is 31.2 Å². The zero-order valence-corrected chi connectivity index (χ0v) is 17.2. The van der Waals surface area contributed by atoms with E-state index in [9.17, 15) is 9.59 Å². The van der Waals surface area contributed by atoms with E-state index in [0.29, 0.717) is 24.4 Å². The predicted molar refractivity (Wildman–Crippen MR) is 116 cm³/mol. The minimum atomic E-state index is -0.401. The number of nitrogens with one attached hydrogen (secondary N) is 1. The van der Waals surface area contributed by atoms with Crippen molar-refractivity contribution in [3.05, 3.63) is 83.7 Å².